The minimum absolute atomic E-state index is 0.0233. The number of nitrogens with one attached hydrogen (secondary N) is 1. The van der Waals surface area contributed by atoms with E-state index < -0.39 is 0 Å². The molecule has 0 radical (unpaired) electrons. The Morgan fingerprint density at radius 2 is 1.94 bits per heavy atom. The van der Waals surface area contributed by atoms with Gasteiger partial charge < -0.3 is 15.8 Å². The lowest BCUT2D eigenvalue weighted by Gasteiger charge is -2.38. The number of hydrogen-bond donors (Lipinski definition) is 2. The summed E-state index contributed by atoms with van der Waals surface area (Å²) in [5.41, 5.74) is 6.20. The molecule has 1 aliphatic heterocycles. The summed E-state index contributed by atoms with van der Waals surface area (Å²) >= 11 is 0. The molecule has 1 aliphatic rings. The number of hydrogen-bond acceptors (Lipinski definition) is 3. The Bertz CT molecular complexity index is 372. The number of carbonyl (C=O) groups excluding carboxylic acids is 1. The van der Waals surface area contributed by atoms with E-state index in [2.05, 4.69) is 5.32 Å². The summed E-state index contributed by atoms with van der Waals surface area (Å²) < 4.78 is 5.38. The maximum atomic E-state index is 11.6. The van der Waals surface area contributed by atoms with Crippen molar-refractivity contribution in [3.63, 3.8) is 0 Å². The van der Waals surface area contributed by atoms with Crippen LogP contribution in [-0.2, 0) is 15.1 Å². The second-order valence-electron chi connectivity index (χ2n) is 4.31. The van der Waals surface area contributed by atoms with Gasteiger partial charge in [-0.3, -0.25) is 4.79 Å². The van der Waals surface area contributed by atoms with E-state index in [1.165, 1.54) is 0 Å². The second-order valence-corrected chi connectivity index (χ2v) is 4.31. The zero-order valence-corrected chi connectivity index (χ0v) is 9.82. The molecule has 92 valence electrons. The number of benzene rings is 1. The van der Waals surface area contributed by atoms with Gasteiger partial charge in [0.1, 0.15) is 0 Å². The third-order valence-corrected chi connectivity index (χ3v) is 3.24. The van der Waals surface area contributed by atoms with Crippen molar-refractivity contribution in [1.82, 2.24) is 5.32 Å². The van der Waals surface area contributed by atoms with Crippen molar-refractivity contribution >= 4 is 5.91 Å². The van der Waals surface area contributed by atoms with Crippen molar-refractivity contribution in [1.29, 1.82) is 0 Å². The Hall–Kier alpha value is -1.39. The van der Waals surface area contributed by atoms with Gasteiger partial charge in [-0.25, -0.2) is 0 Å². The second kappa shape index (κ2) is 5.29. The molecule has 0 atom stereocenters. The van der Waals surface area contributed by atoms with E-state index in [1.54, 1.807) is 0 Å². The van der Waals surface area contributed by atoms with Gasteiger partial charge in [0.15, 0.2) is 0 Å². The normalized spacial score (nSPS) is 18.6. The third kappa shape index (κ3) is 2.65. The molecule has 3 N–H and O–H groups in total. The molecular weight excluding hydrogens is 216 g/mol. The predicted molar refractivity (Wildman–Crippen MR) is 65.4 cm³/mol. The van der Waals surface area contributed by atoms with Gasteiger partial charge >= 0.3 is 0 Å². The first-order valence-electron chi connectivity index (χ1n) is 5.91. The monoisotopic (exact) mass is 234 g/mol. The Labute approximate surface area is 101 Å². The topological polar surface area (TPSA) is 64.4 Å². The molecular formula is C13H18N2O2. The van der Waals surface area contributed by atoms with E-state index in [0.717, 1.165) is 18.4 Å². The van der Waals surface area contributed by atoms with Crippen LogP contribution in [0.4, 0.5) is 0 Å². The quantitative estimate of drug-likeness (QED) is 0.812. The van der Waals surface area contributed by atoms with E-state index in [9.17, 15) is 4.79 Å². The molecule has 1 aromatic carbocycles. The van der Waals surface area contributed by atoms with Gasteiger partial charge in [0.2, 0.25) is 5.91 Å². The molecule has 0 spiro atoms. The van der Waals surface area contributed by atoms with E-state index in [-0.39, 0.29) is 18.0 Å². The average Bonchev–Trinajstić information content (AvgIpc) is 2.40. The summed E-state index contributed by atoms with van der Waals surface area (Å²) in [7, 11) is 0. The van der Waals surface area contributed by atoms with Crippen molar-refractivity contribution in [3.05, 3.63) is 35.9 Å². The zero-order valence-electron chi connectivity index (χ0n) is 9.82. The van der Waals surface area contributed by atoms with Crippen molar-refractivity contribution in [2.75, 3.05) is 19.8 Å². The largest absolute Gasteiger partial charge is 0.381 e. The van der Waals surface area contributed by atoms with Crippen LogP contribution in [0.25, 0.3) is 0 Å². The minimum Gasteiger partial charge on any atom is -0.381 e. The van der Waals surface area contributed by atoms with Crippen molar-refractivity contribution < 1.29 is 9.53 Å². The molecule has 0 bridgehead atoms. The molecule has 0 unspecified atom stereocenters. The van der Waals surface area contributed by atoms with Crippen LogP contribution in [0.5, 0.6) is 0 Å². The highest BCUT2D eigenvalue weighted by atomic mass is 16.5. The Balaban J connectivity index is 2.26. The van der Waals surface area contributed by atoms with E-state index in [0.29, 0.717) is 13.2 Å². The minimum atomic E-state index is -0.310. The van der Waals surface area contributed by atoms with Gasteiger partial charge in [-0.1, -0.05) is 30.3 Å². The lowest BCUT2D eigenvalue weighted by Crippen LogP contribution is -2.51. The molecule has 1 aromatic rings. The zero-order chi connectivity index (χ0) is 12.1. The molecule has 2 rings (SSSR count). The van der Waals surface area contributed by atoms with Crippen molar-refractivity contribution in [3.8, 4) is 0 Å². The molecule has 0 aromatic heterocycles. The van der Waals surface area contributed by atoms with Gasteiger partial charge in [-0.2, -0.15) is 0 Å². The smallest absolute Gasteiger partial charge is 0.234 e. The van der Waals surface area contributed by atoms with Gasteiger partial charge in [0.05, 0.1) is 12.1 Å². The van der Waals surface area contributed by atoms with Gasteiger partial charge in [-0.05, 0) is 18.4 Å². The molecule has 4 heteroatoms. The van der Waals surface area contributed by atoms with Crippen molar-refractivity contribution in [2.24, 2.45) is 5.73 Å². The summed E-state index contributed by atoms with van der Waals surface area (Å²) in [5, 5.41) is 3.05. The van der Waals surface area contributed by atoms with Crippen LogP contribution in [0.15, 0.2) is 30.3 Å². The number of rotatable bonds is 3. The standard InChI is InChI=1S/C13H18N2O2/c14-10-12(16)15-13(6-8-17-9-7-13)11-4-2-1-3-5-11/h1-5H,6-10,14H2,(H,15,16). The van der Waals surface area contributed by atoms with Crippen molar-refractivity contribution in [2.45, 2.75) is 18.4 Å². The highest BCUT2D eigenvalue weighted by Crippen LogP contribution is 2.31. The van der Waals surface area contributed by atoms with Crippen LogP contribution >= 0.6 is 0 Å². The maximum absolute atomic E-state index is 11.6. The van der Waals surface area contributed by atoms with E-state index in [4.69, 9.17) is 10.5 Å². The fourth-order valence-electron chi connectivity index (χ4n) is 2.28. The SMILES string of the molecule is NCC(=O)NC1(c2ccccc2)CCOCC1. The van der Waals surface area contributed by atoms with Crippen LogP contribution in [0.2, 0.25) is 0 Å². The van der Waals surface area contributed by atoms with Crippen LogP contribution in [0.3, 0.4) is 0 Å². The van der Waals surface area contributed by atoms with Crippen LogP contribution in [-0.4, -0.2) is 25.7 Å². The lowest BCUT2D eigenvalue weighted by atomic mass is 9.82. The molecule has 0 aliphatic carbocycles. The number of amides is 1. The first-order valence-corrected chi connectivity index (χ1v) is 5.91. The van der Waals surface area contributed by atoms with Crippen LogP contribution in [0.1, 0.15) is 18.4 Å². The fraction of sp³-hybridized carbons (Fsp3) is 0.462. The summed E-state index contributed by atoms with van der Waals surface area (Å²) in [4.78, 5) is 11.6. The third-order valence-electron chi connectivity index (χ3n) is 3.24. The molecule has 1 heterocycles. The maximum Gasteiger partial charge on any atom is 0.234 e. The van der Waals surface area contributed by atoms with Crippen LogP contribution < -0.4 is 11.1 Å². The predicted octanol–water partition coefficient (Wildman–Crippen LogP) is 0.767. The number of ether oxygens (including phenoxy) is 1. The first kappa shape index (κ1) is 12.1. The number of carbonyl (C=O) groups is 1. The van der Waals surface area contributed by atoms with Gasteiger partial charge in [0.25, 0.3) is 0 Å². The summed E-state index contributed by atoms with van der Waals surface area (Å²) in [6, 6.07) is 10.0. The average molecular weight is 234 g/mol. The van der Waals surface area contributed by atoms with E-state index >= 15 is 0 Å². The summed E-state index contributed by atoms with van der Waals surface area (Å²) in [5.74, 6) is -0.115. The molecule has 0 saturated carbocycles. The number of nitrogens with two attached hydrogens (primary N) is 1. The highest BCUT2D eigenvalue weighted by Gasteiger charge is 2.35. The van der Waals surface area contributed by atoms with E-state index in [1.807, 2.05) is 30.3 Å². The van der Waals surface area contributed by atoms with Gasteiger partial charge in [0, 0.05) is 13.2 Å². The Morgan fingerprint density at radius 1 is 1.29 bits per heavy atom. The molecule has 4 nitrogen and oxygen atoms in total. The molecule has 1 amide bonds. The fourth-order valence-corrected chi connectivity index (χ4v) is 2.28. The molecule has 1 fully saturated rings. The first-order chi connectivity index (χ1) is 8.27. The Morgan fingerprint density at radius 3 is 2.53 bits per heavy atom. The summed E-state index contributed by atoms with van der Waals surface area (Å²) in [6.45, 7) is 1.36. The summed E-state index contributed by atoms with van der Waals surface area (Å²) in [6.07, 6.45) is 1.59. The molecule has 17 heavy (non-hydrogen) atoms. The lowest BCUT2D eigenvalue weighted by molar-refractivity contribution is -0.123. The Kier molecular flexibility index (Phi) is 3.76. The molecule has 1 saturated heterocycles. The van der Waals surface area contributed by atoms with Gasteiger partial charge in [-0.15, -0.1) is 0 Å². The highest BCUT2D eigenvalue weighted by molar-refractivity contribution is 5.78. The van der Waals surface area contributed by atoms with Crippen LogP contribution in [0, 0.1) is 0 Å².